The molecule has 0 spiro atoms. The highest BCUT2D eigenvalue weighted by atomic mass is 19.1. The summed E-state index contributed by atoms with van der Waals surface area (Å²) in [6.45, 7) is 2.66. The molecule has 1 amide bonds. The first-order valence-electron chi connectivity index (χ1n) is 7.35. The van der Waals surface area contributed by atoms with Gasteiger partial charge in [-0.2, -0.15) is 0 Å². The summed E-state index contributed by atoms with van der Waals surface area (Å²) in [5.41, 5.74) is 1.57. The summed E-state index contributed by atoms with van der Waals surface area (Å²) >= 11 is 0. The van der Waals surface area contributed by atoms with Crippen LogP contribution in [0.2, 0.25) is 0 Å². The van der Waals surface area contributed by atoms with E-state index in [1.165, 1.54) is 0 Å². The molecular weight excluding hydrogens is 276 g/mol. The molecule has 2 rings (SSSR count). The monoisotopic (exact) mass is 297 g/mol. The average Bonchev–Trinajstić information content (AvgIpc) is 2.71. The summed E-state index contributed by atoms with van der Waals surface area (Å²) in [7, 11) is 0. The van der Waals surface area contributed by atoms with E-state index in [0.29, 0.717) is 6.54 Å². The number of hydrogen-bond donors (Lipinski definition) is 2. The van der Waals surface area contributed by atoms with Crippen molar-refractivity contribution in [2.24, 2.45) is 5.84 Å². The van der Waals surface area contributed by atoms with Crippen LogP contribution in [0.5, 0.6) is 0 Å². The molecule has 1 unspecified atom stereocenters. The molecule has 21 heavy (non-hydrogen) atoms. The SMILES string of the molecule is CCC1CCCCCN1C(=O)c1cc(F)c(NN)c(F)c1. The number of nitrogens with one attached hydrogen (secondary N) is 1. The number of halogens is 2. The van der Waals surface area contributed by atoms with E-state index in [1.54, 1.807) is 4.90 Å². The molecule has 1 aliphatic rings. The van der Waals surface area contributed by atoms with Crippen LogP contribution in [-0.4, -0.2) is 23.4 Å². The lowest BCUT2D eigenvalue weighted by molar-refractivity contribution is 0.0677. The molecular formula is C15H21F2N3O. The maximum absolute atomic E-state index is 13.7. The van der Waals surface area contributed by atoms with Crippen molar-refractivity contribution in [2.45, 2.75) is 45.1 Å². The number of hydrogen-bond acceptors (Lipinski definition) is 3. The normalized spacial score (nSPS) is 19.2. The Hall–Kier alpha value is -1.69. The summed E-state index contributed by atoms with van der Waals surface area (Å²) < 4.78 is 27.5. The van der Waals surface area contributed by atoms with Crippen LogP contribution in [0.15, 0.2) is 12.1 Å². The van der Waals surface area contributed by atoms with Crippen molar-refractivity contribution in [1.29, 1.82) is 0 Å². The fourth-order valence-corrected chi connectivity index (χ4v) is 2.87. The predicted molar refractivity (Wildman–Crippen MR) is 77.8 cm³/mol. The van der Waals surface area contributed by atoms with Gasteiger partial charge in [0.15, 0.2) is 11.6 Å². The highest BCUT2D eigenvalue weighted by Gasteiger charge is 2.26. The first-order valence-corrected chi connectivity index (χ1v) is 7.35. The van der Waals surface area contributed by atoms with E-state index in [4.69, 9.17) is 5.84 Å². The average molecular weight is 297 g/mol. The van der Waals surface area contributed by atoms with Crippen LogP contribution < -0.4 is 11.3 Å². The Morgan fingerprint density at radius 1 is 1.33 bits per heavy atom. The zero-order chi connectivity index (χ0) is 15.4. The van der Waals surface area contributed by atoms with Crippen LogP contribution in [0.25, 0.3) is 0 Å². The van der Waals surface area contributed by atoms with E-state index < -0.39 is 17.3 Å². The van der Waals surface area contributed by atoms with E-state index in [0.717, 1.165) is 44.2 Å². The Morgan fingerprint density at radius 2 is 2.00 bits per heavy atom. The molecule has 1 aromatic carbocycles. The minimum Gasteiger partial charge on any atom is -0.336 e. The second kappa shape index (κ2) is 6.85. The maximum atomic E-state index is 13.7. The molecule has 0 radical (unpaired) electrons. The number of anilines is 1. The summed E-state index contributed by atoms with van der Waals surface area (Å²) in [6.07, 6.45) is 4.88. The van der Waals surface area contributed by atoms with Crippen LogP contribution in [0, 0.1) is 11.6 Å². The molecule has 0 aromatic heterocycles. The van der Waals surface area contributed by atoms with Gasteiger partial charge >= 0.3 is 0 Å². The number of likely N-dealkylation sites (tertiary alicyclic amines) is 1. The van der Waals surface area contributed by atoms with Crippen LogP contribution >= 0.6 is 0 Å². The van der Waals surface area contributed by atoms with Gasteiger partial charge in [-0.05, 0) is 31.4 Å². The van der Waals surface area contributed by atoms with Gasteiger partial charge in [0.25, 0.3) is 5.91 Å². The molecule has 1 fully saturated rings. The Balaban J connectivity index is 2.29. The zero-order valence-corrected chi connectivity index (χ0v) is 12.2. The van der Waals surface area contributed by atoms with Gasteiger partial charge in [-0.25, -0.2) is 8.78 Å². The number of nitrogens with two attached hydrogens (primary N) is 1. The Kier molecular flexibility index (Phi) is 5.12. The van der Waals surface area contributed by atoms with Crippen LogP contribution in [0.3, 0.4) is 0 Å². The first kappa shape index (κ1) is 15.7. The van der Waals surface area contributed by atoms with E-state index in [9.17, 15) is 13.6 Å². The Bertz CT molecular complexity index is 499. The summed E-state index contributed by atoms with van der Waals surface area (Å²) in [5, 5.41) is 0. The Morgan fingerprint density at radius 3 is 2.57 bits per heavy atom. The van der Waals surface area contributed by atoms with Crippen molar-refractivity contribution in [3.05, 3.63) is 29.3 Å². The number of carbonyl (C=O) groups is 1. The molecule has 116 valence electrons. The second-order valence-electron chi connectivity index (χ2n) is 5.37. The molecule has 6 heteroatoms. The third-order valence-electron chi connectivity index (χ3n) is 4.04. The number of rotatable bonds is 3. The van der Waals surface area contributed by atoms with Crippen molar-refractivity contribution in [2.75, 3.05) is 12.0 Å². The predicted octanol–water partition coefficient (Wildman–Crippen LogP) is 3.05. The number of nitrogen functional groups attached to an aromatic ring is 1. The largest absolute Gasteiger partial charge is 0.336 e. The first-order chi connectivity index (χ1) is 10.1. The number of nitrogens with zero attached hydrogens (tertiary/aromatic N) is 1. The van der Waals surface area contributed by atoms with Gasteiger partial charge in [0.1, 0.15) is 5.69 Å². The lowest BCUT2D eigenvalue weighted by atomic mass is 10.1. The van der Waals surface area contributed by atoms with Crippen molar-refractivity contribution in [1.82, 2.24) is 4.90 Å². The van der Waals surface area contributed by atoms with Gasteiger partial charge in [-0.15, -0.1) is 0 Å². The quantitative estimate of drug-likeness (QED) is 0.666. The van der Waals surface area contributed by atoms with Crippen molar-refractivity contribution in [3.8, 4) is 0 Å². The van der Waals surface area contributed by atoms with Gasteiger partial charge in [-0.3, -0.25) is 10.6 Å². The van der Waals surface area contributed by atoms with Crippen molar-refractivity contribution in [3.63, 3.8) is 0 Å². The number of benzene rings is 1. The van der Waals surface area contributed by atoms with Crippen LogP contribution in [0.4, 0.5) is 14.5 Å². The van der Waals surface area contributed by atoms with Crippen molar-refractivity contribution >= 4 is 11.6 Å². The van der Waals surface area contributed by atoms with Gasteiger partial charge in [-0.1, -0.05) is 19.8 Å². The van der Waals surface area contributed by atoms with Crippen LogP contribution in [-0.2, 0) is 0 Å². The minimum absolute atomic E-state index is 0.0318. The minimum atomic E-state index is -0.858. The number of amides is 1. The van der Waals surface area contributed by atoms with Crippen LogP contribution in [0.1, 0.15) is 49.4 Å². The summed E-state index contributed by atoms with van der Waals surface area (Å²) in [5.74, 6) is 3.03. The number of hydrazine groups is 1. The molecule has 1 saturated heterocycles. The topological polar surface area (TPSA) is 58.4 Å². The van der Waals surface area contributed by atoms with Crippen molar-refractivity contribution < 1.29 is 13.6 Å². The van der Waals surface area contributed by atoms with Gasteiger partial charge < -0.3 is 10.3 Å². The lowest BCUT2D eigenvalue weighted by Crippen LogP contribution is -2.39. The maximum Gasteiger partial charge on any atom is 0.254 e. The second-order valence-corrected chi connectivity index (χ2v) is 5.37. The lowest BCUT2D eigenvalue weighted by Gasteiger charge is -2.29. The standard InChI is InChI=1S/C15H21F2N3O/c1-2-11-6-4-3-5-7-20(11)15(21)10-8-12(16)14(19-18)13(17)9-10/h8-9,11,19H,2-7,18H2,1H3. The number of carbonyl (C=O) groups excluding carboxylic acids is 1. The highest BCUT2D eigenvalue weighted by molar-refractivity contribution is 5.95. The van der Waals surface area contributed by atoms with Gasteiger partial charge in [0.05, 0.1) is 0 Å². The molecule has 0 bridgehead atoms. The molecule has 4 nitrogen and oxygen atoms in total. The third-order valence-corrected chi connectivity index (χ3v) is 4.04. The van der Waals surface area contributed by atoms with Gasteiger partial charge in [0.2, 0.25) is 0 Å². The summed E-state index contributed by atoms with van der Waals surface area (Å²) in [6, 6.07) is 2.22. The highest BCUT2D eigenvalue weighted by Crippen LogP contribution is 2.24. The Labute approximate surface area is 123 Å². The third kappa shape index (κ3) is 3.32. The molecule has 1 aromatic rings. The molecule has 1 aliphatic heterocycles. The molecule has 0 saturated carbocycles. The zero-order valence-electron chi connectivity index (χ0n) is 12.2. The van der Waals surface area contributed by atoms with E-state index in [1.807, 2.05) is 12.3 Å². The molecule has 1 heterocycles. The fourth-order valence-electron chi connectivity index (χ4n) is 2.87. The summed E-state index contributed by atoms with van der Waals surface area (Å²) in [4.78, 5) is 14.3. The fraction of sp³-hybridized carbons (Fsp3) is 0.533. The van der Waals surface area contributed by atoms with E-state index >= 15 is 0 Å². The van der Waals surface area contributed by atoms with E-state index in [-0.39, 0.29) is 17.5 Å². The molecule has 3 N–H and O–H groups in total. The van der Waals surface area contributed by atoms with E-state index in [2.05, 4.69) is 0 Å². The molecule has 0 aliphatic carbocycles. The molecule has 1 atom stereocenters. The van der Waals surface area contributed by atoms with Gasteiger partial charge in [0, 0.05) is 18.2 Å². The smallest absolute Gasteiger partial charge is 0.254 e.